The molecule has 1 amide bonds. The van der Waals surface area contributed by atoms with Crippen LogP contribution >= 0.6 is 0 Å². The molecule has 1 aromatic rings. The molecule has 2 rings (SSSR count). The summed E-state index contributed by atoms with van der Waals surface area (Å²) in [6.45, 7) is 1.70. The Hall–Kier alpha value is -1.93. The fourth-order valence-electron chi connectivity index (χ4n) is 2.33. The Labute approximate surface area is 122 Å². The maximum Gasteiger partial charge on any atom is 0.337 e. The molecule has 21 heavy (non-hydrogen) atoms. The molecule has 0 radical (unpaired) electrons. The Morgan fingerprint density at radius 2 is 1.95 bits per heavy atom. The van der Waals surface area contributed by atoms with Crippen molar-refractivity contribution in [3.63, 3.8) is 0 Å². The van der Waals surface area contributed by atoms with Crippen LogP contribution in [0.15, 0.2) is 29.2 Å². The summed E-state index contributed by atoms with van der Waals surface area (Å²) in [6.07, 6.45) is 0.316. The summed E-state index contributed by atoms with van der Waals surface area (Å²) in [5.41, 5.74) is 4.09. The van der Waals surface area contributed by atoms with Crippen molar-refractivity contribution in [2.24, 2.45) is 11.1 Å². The second kappa shape index (κ2) is 5.12. The highest BCUT2D eigenvalue weighted by molar-refractivity contribution is 7.89. The van der Waals surface area contributed by atoms with E-state index in [1.54, 1.807) is 6.92 Å². The summed E-state index contributed by atoms with van der Waals surface area (Å²) in [5, 5.41) is 9.11. The van der Waals surface area contributed by atoms with Crippen LogP contribution in [0.3, 0.4) is 0 Å². The summed E-state index contributed by atoms with van der Waals surface area (Å²) in [4.78, 5) is 22.3. The summed E-state index contributed by atoms with van der Waals surface area (Å²) >= 11 is 0. The molecule has 8 heteroatoms. The van der Waals surface area contributed by atoms with Crippen molar-refractivity contribution in [2.45, 2.75) is 18.2 Å². The largest absolute Gasteiger partial charge is 0.478 e. The van der Waals surface area contributed by atoms with Gasteiger partial charge in [0.05, 0.1) is 15.9 Å². The van der Waals surface area contributed by atoms with Gasteiger partial charge in [-0.15, -0.1) is 0 Å². The van der Waals surface area contributed by atoms with Crippen LogP contribution in [0.1, 0.15) is 23.7 Å². The van der Waals surface area contributed by atoms with E-state index in [-0.39, 0.29) is 23.5 Å². The van der Waals surface area contributed by atoms with Crippen LogP contribution in [0.5, 0.6) is 0 Å². The number of hydrogen-bond acceptors (Lipinski definition) is 4. The van der Waals surface area contributed by atoms with Gasteiger partial charge in [0.1, 0.15) is 0 Å². The zero-order valence-electron chi connectivity index (χ0n) is 11.4. The number of hydrogen-bond donors (Lipinski definition) is 2. The van der Waals surface area contributed by atoms with Crippen molar-refractivity contribution in [3.05, 3.63) is 29.8 Å². The highest BCUT2D eigenvalue weighted by Crippen LogP contribution is 2.33. The van der Waals surface area contributed by atoms with E-state index >= 15 is 0 Å². The third-order valence-electron chi connectivity index (χ3n) is 3.77. The number of carboxylic acid groups (broad SMARTS) is 1. The smallest absolute Gasteiger partial charge is 0.337 e. The van der Waals surface area contributed by atoms with Gasteiger partial charge < -0.3 is 10.8 Å². The minimum atomic E-state index is -3.97. The van der Waals surface area contributed by atoms with Crippen molar-refractivity contribution in [2.75, 3.05) is 13.1 Å². The summed E-state index contributed by atoms with van der Waals surface area (Å²) in [7, 11) is -3.97. The van der Waals surface area contributed by atoms with Crippen molar-refractivity contribution in [3.8, 4) is 0 Å². The molecule has 1 saturated heterocycles. The molecule has 0 bridgehead atoms. The van der Waals surface area contributed by atoms with Gasteiger partial charge in [-0.2, -0.15) is 4.31 Å². The molecular weight excluding hydrogens is 296 g/mol. The Balaban J connectivity index is 2.41. The van der Waals surface area contributed by atoms with E-state index in [1.807, 2.05) is 0 Å². The molecule has 1 aromatic carbocycles. The van der Waals surface area contributed by atoms with Crippen molar-refractivity contribution in [1.29, 1.82) is 0 Å². The zero-order chi connectivity index (χ0) is 15.8. The van der Waals surface area contributed by atoms with Crippen molar-refractivity contribution >= 4 is 21.9 Å². The highest BCUT2D eigenvalue weighted by Gasteiger charge is 2.44. The lowest BCUT2D eigenvalue weighted by atomic mass is 9.89. The fraction of sp³-hybridized carbons (Fsp3) is 0.385. The predicted octanol–water partition coefficient (Wildman–Crippen LogP) is 0.271. The van der Waals surface area contributed by atoms with E-state index in [9.17, 15) is 18.0 Å². The van der Waals surface area contributed by atoms with Crippen LogP contribution in [0.2, 0.25) is 0 Å². The molecule has 3 N–H and O–H groups in total. The molecule has 1 fully saturated rings. The average molecular weight is 312 g/mol. The number of nitrogens with zero attached hydrogens (tertiary/aromatic N) is 1. The lowest BCUT2D eigenvalue weighted by Gasteiger charge is -2.21. The van der Waals surface area contributed by atoms with E-state index in [4.69, 9.17) is 10.8 Å². The fourth-order valence-corrected chi connectivity index (χ4v) is 4.08. The lowest BCUT2D eigenvalue weighted by molar-refractivity contribution is -0.126. The minimum Gasteiger partial charge on any atom is -0.478 e. The van der Waals surface area contributed by atoms with Gasteiger partial charge in [-0.05, 0) is 25.5 Å². The number of sulfonamides is 1. The summed E-state index contributed by atoms with van der Waals surface area (Å²) in [5.74, 6) is -1.88. The van der Waals surface area contributed by atoms with E-state index in [0.29, 0.717) is 6.42 Å². The number of benzene rings is 1. The molecule has 1 aliphatic rings. The monoisotopic (exact) mass is 312 g/mol. The number of amides is 1. The molecule has 1 aliphatic heterocycles. The molecule has 114 valence electrons. The first-order valence-electron chi connectivity index (χ1n) is 6.31. The van der Waals surface area contributed by atoms with Crippen molar-refractivity contribution < 1.29 is 23.1 Å². The van der Waals surface area contributed by atoms with Crippen LogP contribution in [0.25, 0.3) is 0 Å². The first kappa shape index (κ1) is 15.5. The van der Waals surface area contributed by atoms with Gasteiger partial charge in [0.25, 0.3) is 0 Å². The van der Waals surface area contributed by atoms with Crippen LogP contribution < -0.4 is 5.73 Å². The van der Waals surface area contributed by atoms with E-state index in [1.165, 1.54) is 24.3 Å². The topological polar surface area (TPSA) is 118 Å². The van der Waals surface area contributed by atoms with Crippen LogP contribution in [0.4, 0.5) is 0 Å². The lowest BCUT2D eigenvalue weighted by Crippen LogP contribution is -2.38. The van der Waals surface area contributed by atoms with Gasteiger partial charge in [0, 0.05) is 13.1 Å². The predicted molar refractivity (Wildman–Crippen MR) is 74.1 cm³/mol. The van der Waals surface area contributed by atoms with E-state index in [2.05, 4.69) is 0 Å². The molecular formula is C13H16N2O5S. The highest BCUT2D eigenvalue weighted by atomic mass is 32.2. The van der Waals surface area contributed by atoms with Crippen molar-refractivity contribution in [1.82, 2.24) is 4.31 Å². The molecule has 1 unspecified atom stereocenters. The van der Waals surface area contributed by atoms with E-state index < -0.39 is 27.3 Å². The van der Waals surface area contributed by atoms with Gasteiger partial charge in [-0.1, -0.05) is 12.1 Å². The second-order valence-corrected chi connectivity index (χ2v) is 7.22. The van der Waals surface area contributed by atoms with Crippen LogP contribution in [-0.4, -0.2) is 42.8 Å². The minimum absolute atomic E-state index is 0.0430. The summed E-state index contributed by atoms with van der Waals surface area (Å²) in [6, 6.07) is 5.40. The van der Waals surface area contributed by atoms with Gasteiger partial charge in [0.2, 0.25) is 15.9 Å². The SMILES string of the molecule is CC1(C(N)=O)CCN(S(=O)(=O)c2ccccc2C(=O)O)C1. The van der Waals surface area contributed by atoms with Gasteiger partial charge in [-0.3, -0.25) is 4.79 Å². The van der Waals surface area contributed by atoms with Crippen LogP contribution in [0, 0.1) is 5.41 Å². The maximum absolute atomic E-state index is 12.6. The Morgan fingerprint density at radius 1 is 1.33 bits per heavy atom. The van der Waals surface area contributed by atoms with E-state index in [0.717, 1.165) is 4.31 Å². The van der Waals surface area contributed by atoms with Gasteiger partial charge in [0.15, 0.2) is 0 Å². The normalized spacial score (nSPS) is 23.1. The van der Waals surface area contributed by atoms with Crippen LogP contribution in [-0.2, 0) is 14.8 Å². The average Bonchev–Trinajstić information content (AvgIpc) is 2.83. The Kier molecular flexibility index (Phi) is 3.77. The molecule has 1 heterocycles. The van der Waals surface area contributed by atoms with Gasteiger partial charge in [-0.25, -0.2) is 13.2 Å². The number of nitrogens with two attached hydrogens (primary N) is 1. The molecule has 1 atom stereocenters. The number of primary amides is 1. The number of carboxylic acids is 1. The Morgan fingerprint density at radius 3 is 2.48 bits per heavy atom. The molecule has 7 nitrogen and oxygen atoms in total. The third kappa shape index (κ3) is 2.64. The van der Waals surface area contributed by atoms with Gasteiger partial charge >= 0.3 is 5.97 Å². The Bertz CT molecular complexity index is 700. The number of carbonyl (C=O) groups excluding carboxylic acids is 1. The first-order chi connectivity index (χ1) is 9.68. The second-order valence-electron chi connectivity index (χ2n) is 5.31. The quantitative estimate of drug-likeness (QED) is 0.827. The maximum atomic E-state index is 12.6. The molecule has 0 aliphatic carbocycles. The third-order valence-corrected chi connectivity index (χ3v) is 5.67. The number of rotatable bonds is 4. The molecule has 0 saturated carbocycles. The molecule has 0 aromatic heterocycles. The number of carbonyl (C=O) groups is 2. The standard InChI is InChI=1S/C13H16N2O5S/c1-13(12(14)18)6-7-15(8-13)21(19,20)10-5-3-2-4-9(10)11(16)17/h2-5H,6-8H2,1H3,(H2,14,18)(H,16,17). The zero-order valence-corrected chi connectivity index (χ0v) is 12.3. The summed E-state index contributed by atoms with van der Waals surface area (Å²) < 4.78 is 26.3. The first-order valence-corrected chi connectivity index (χ1v) is 7.75. The number of aromatic carboxylic acids is 1. The molecule has 0 spiro atoms.